The second-order valence-corrected chi connectivity index (χ2v) is 7.25. The van der Waals surface area contributed by atoms with Gasteiger partial charge in [-0.1, -0.05) is 26.0 Å². The summed E-state index contributed by atoms with van der Waals surface area (Å²) in [4.78, 5) is 16.8. The predicted octanol–water partition coefficient (Wildman–Crippen LogP) is 4.36. The lowest BCUT2D eigenvalue weighted by Crippen LogP contribution is -2.24. The first-order chi connectivity index (χ1) is 15.2. The van der Waals surface area contributed by atoms with Crippen molar-refractivity contribution in [2.75, 3.05) is 14.2 Å². The molecule has 7 nitrogen and oxygen atoms in total. The largest absolute Gasteiger partial charge is 0.493 e. The lowest BCUT2D eigenvalue weighted by molar-refractivity contribution is -0.137. The summed E-state index contributed by atoms with van der Waals surface area (Å²) in [6, 6.07) is 7.51. The molecule has 0 saturated heterocycles. The molecule has 0 aliphatic carbocycles. The number of alkyl halides is 3. The zero-order chi connectivity index (χ0) is 23.5. The van der Waals surface area contributed by atoms with Gasteiger partial charge in [0.1, 0.15) is 0 Å². The second kappa shape index (κ2) is 9.29. The Morgan fingerprint density at radius 2 is 1.88 bits per heavy atom. The summed E-state index contributed by atoms with van der Waals surface area (Å²) < 4.78 is 50.5. The van der Waals surface area contributed by atoms with Crippen molar-refractivity contribution < 1.29 is 27.4 Å². The topological polar surface area (TPSA) is 78.3 Å². The fraction of sp³-hybridized carbons (Fsp3) is 0.318. The average molecular weight is 448 g/mol. The lowest BCUT2D eigenvalue weighted by Gasteiger charge is -2.15. The summed E-state index contributed by atoms with van der Waals surface area (Å²) in [7, 11) is 3.04. The molecule has 0 aliphatic heterocycles. The average Bonchev–Trinajstić information content (AvgIpc) is 3.22. The third kappa shape index (κ3) is 4.68. The normalized spacial score (nSPS) is 11.5. The van der Waals surface area contributed by atoms with Crippen LogP contribution >= 0.6 is 0 Å². The van der Waals surface area contributed by atoms with E-state index in [0.717, 1.165) is 17.8 Å². The van der Waals surface area contributed by atoms with Gasteiger partial charge in [0.2, 0.25) is 0 Å². The number of hydrogen-bond acceptors (Lipinski definition) is 5. The molecule has 0 atom stereocenters. The molecule has 2 aromatic heterocycles. The van der Waals surface area contributed by atoms with Crippen LogP contribution in [0, 0.1) is 0 Å². The fourth-order valence-electron chi connectivity index (χ4n) is 3.31. The third-order valence-corrected chi connectivity index (χ3v) is 4.81. The standard InChI is InChI=1S/C22H23F3N4O3/c1-13(2)19-16(12-28-29(19)18-9-8-15(11-26-18)22(23,24)25)21(30)27-10-14-6-5-7-17(31-3)20(14)32-4/h5-9,11-13H,10H2,1-4H3,(H,27,30). The van der Waals surface area contributed by atoms with Crippen LogP contribution in [-0.4, -0.2) is 34.9 Å². The number of carbonyl (C=O) groups is 1. The minimum atomic E-state index is -4.48. The molecule has 0 spiro atoms. The van der Waals surface area contributed by atoms with E-state index in [1.54, 1.807) is 18.2 Å². The quantitative estimate of drug-likeness (QED) is 0.581. The first-order valence-electron chi connectivity index (χ1n) is 9.77. The summed E-state index contributed by atoms with van der Waals surface area (Å²) in [5.41, 5.74) is 0.712. The Morgan fingerprint density at radius 1 is 1.12 bits per heavy atom. The summed E-state index contributed by atoms with van der Waals surface area (Å²) in [5.74, 6) is 0.730. The van der Waals surface area contributed by atoms with Crippen LogP contribution in [-0.2, 0) is 12.7 Å². The van der Waals surface area contributed by atoms with Gasteiger partial charge in [-0.25, -0.2) is 9.67 Å². The highest BCUT2D eigenvalue weighted by atomic mass is 19.4. The van der Waals surface area contributed by atoms with Crippen molar-refractivity contribution in [2.45, 2.75) is 32.5 Å². The van der Waals surface area contributed by atoms with Gasteiger partial charge in [0, 0.05) is 18.3 Å². The van der Waals surface area contributed by atoms with Gasteiger partial charge in [0.05, 0.1) is 37.2 Å². The minimum absolute atomic E-state index is 0.145. The highest BCUT2D eigenvalue weighted by Crippen LogP contribution is 2.31. The monoisotopic (exact) mass is 448 g/mol. The number of nitrogens with one attached hydrogen (secondary N) is 1. The van der Waals surface area contributed by atoms with Gasteiger partial charge < -0.3 is 14.8 Å². The van der Waals surface area contributed by atoms with Crippen LogP contribution in [0.1, 0.15) is 46.9 Å². The van der Waals surface area contributed by atoms with Crippen LogP contribution in [0.4, 0.5) is 13.2 Å². The van der Waals surface area contributed by atoms with Crippen LogP contribution in [0.2, 0.25) is 0 Å². The molecule has 170 valence electrons. The number of amides is 1. The van der Waals surface area contributed by atoms with E-state index in [0.29, 0.717) is 22.8 Å². The van der Waals surface area contributed by atoms with E-state index in [1.807, 2.05) is 13.8 Å². The molecule has 2 heterocycles. The van der Waals surface area contributed by atoms with Gasteiger partial charge >= 0.3 is 6.18 Å². The number of nitrogens with zero attached hydrogens (tertiary/aromatic N) is 3. The first kappa shape index (κ1) is 23.1. The maximum atomic E-state index is 12.9. The second-order valence-electron chi connectivity index (χ2n) is 7.25. The molecule has 0 unspecified atom stereocenters. The van der Waals surface area contributed by atoms with Crippen LogP contribution in [0.25, 0.3) is 5.82 Å². The van der Waals surface area contributed by atoms with Crippen molar-refractivity contribution in [3.8, 4) is 17.3 Å². The van der Waals surface area contributed by atoms with Crippen LogP contribution in [0.5, 0.6) is 11.5 Å². The van der Waals surface area contributed by atoms with Crippen LogP contribution in [0.3, 0.4) is 0 Å². The smallest absolute Gasteiger partial charge is 0.417 e. The molecule has 0 radical (unpaired) electrons. The number of halogens is 3. The Hall–Kier alpha value is -3.56. The highest BCUT2D eigenvalue weighted by Gasteiger charge is 2.31. The number of ether oxygens (including phenoxy) is 2. The summed E-state index contributed by atoms with van der Waals surface area (Å²) in [5, 5.41) is 7.04. The fourth-order valence-corrected chi connectivity index (χ4v) is 3.31. The van der Waals surface area contributed by atoms with Gasteiger partial charge in [-0.05, 0) is 24.1 Å². The van der Waals surface area contributed by atoms with Crippen molar-refractivity contribution >= 4 is 5.91 Å². The number of rotatable bonds is 7. The molecule has 0 aliphatic rings. The number of pyridine rings is 1. The first-order valence-corrected chi connectivity index (χ1v) is 9.77. The van der Waals surface area contributed by atoms with E-state index < -0.39 is 11.7 Å². The van der Waals surface area contributed by atoms with Crippen molar-refractivity contribution in [3.05, 3.63) is 65.1 Å². The van der Waals surface area contributed by atoms with E-state index in [4.69, 9.17) is 9.47 Å². The van der Waals surface area contributed by atoms with Gasteiger partial charge in [-0.3, -0.25) is 4.79 Å². The Kier molecular flexibility index (Phi) is 6.71. The predicted molar refractivity (Wildman–Crippen MR) is 111 cm³/mol. The molecule has 3 aromatic rings. The number of aromatic nitrogens is 3. The third-order valence-electron chi connectivity index (χ3n) is 4.81. The van der Waals surface area contributed by atoms with Gasteiger partial charge in [-0.2, -0.15) is 18.3 Å². The summed E-state index contributed by atoms with van der Waals surface area (Å²) in [6.07, 6.45) is -2.36. The maximum absolute atomic E-state index is 12.9. The van der Waals surface area contributed by atoms with E-state index in [2.05, 4.69) is 15.4 Å². The lowest BCUT2D eigenvalue weighted by atomic mass is 10.1. The van der Waals surface area contributed by atoms with Crippen molar-refractivity contribution in [3.63, 3.8) is 0 Å². The van der Waals surface area contributed by atoms with Gasteiger partial charge in [-0.15, -0.1) is 0 Å². The van der Waals surface area contributed by atoms with Crippen molar-refractivity contribution in [1.82, 2.24) is 20.1 Å². The molecule has 1 amide bonds. The number of hydrogen-bond donors (Lipinski definition) is 1. The Labute approximate surface area is 183 Å². The van der Waals surface area contributed by atoms with Gasteiger partial charge in [0.15, 0.2) is 17.3 Å². The zero-order valence-corrected chi connectivity index (χ0v) is 18.0. The van der Waals surface area contributed by atoms with E-state index in [-0.39, 0.29) is 24.2 Å². The molecule has 1 aromatic carbocycles. The molecular weight excluding hydrogens is 425 g/mol. The van der Waals surface area contributed by atoms with E-state index in [9.17, 15) is 18.0 Å². The van der Waals surface area contributed by atoms with Crippen molar-refractivity contribution in [1.29, 1.82) is 0 Å². The Balaban J connectivity index is 1.86. The molecular formula is C22H23F3N4O3. The molecule has 10 heteroatoms. The number of para-hydroxylation sites is 1. The summed E-state index contributed by atoms with van der Waals surface area (Å²) >= 11 is 0. The van der Waals surface area contributed by atoms with Gasteiger partial charge in [0.25, 0.3) is 5.91 Å². The highest BCUT2D eigenvalue weighted by molar-refractivity contribution is 5.95. The molecule has 1 N–H and O–H groups in total. The number of benzene rings is 1. The molecule has 32 heavy (non-hydrogen) atoms. The Bertz CT molecular complexity index is 1090. The summed E-state index contributed by atoms with van der Waals surface area (Å²) in [6.45, 7) is 3.90. The van der Waals surface area contributed by atoms with Crippen LogP contribution in [0.15, 0.2) is 42.7 Å². The molecule has 0 saturated carbocycles. The van der Waals surface area contributed by atoms with E-state index >= 15 is 0 Å². The van der Waals surface area contributed by atoms with Crippen LogP contribution < -0.4 is 14.8 Å². The van der Waals surface area contributed by atoms with Crippen molar-refractivity contribution in [2.24, 2.45) is 0 Å². The zero-order valence-electron chi connectivity index (χ0n) is 18.0. The molecule has 3 rings (SSSR count). The minimum Gasteiger partial charge on any atom is -0.493 e. The Morgan fingerprint density at radius 3 is 2.44 bits per heavy atom. The van der Waals surface area contributed by atoms with E-state index in [1.165, 1.54) is 31.2 Å². The molecule has 0 bridgehead atoms. The molecule has 0 fully saturated rings. The SMILES string of the molecule is COc1cccc(CNC(=O)c2cnn(-c3ccc(C(F)(F)F)cn3)c2C(C)C)c1OC. The maximum Gasteiger partial charge on any atom is 0.417 e. The number of methoxy groups -OCH3 is 2. The number of carbonyl (C=O) groups excluding carboxylic acids is 1.